The Labute approximate surface area is 170 Å². The molecule has 0 fully saturated rings. The van der Waals surface area contributed by atoms with Crippen molar-refractivity contribution in [3.8, 4) is 24.3 Å². The van der Waals surface area contributed by atoms with Gasteiger partial charge in [-0.3, -0.25) is 0 Å². The van der Waals surface area contributed by atoms with Crippen molar-refractivity contribution < 1.29 is 17.6 Å². The van der Waals surface area contributed by atoms with Gasteiger partial charge in [0.25, 0.3) is 0 Å². The minimum absolute atomic E-state index is 0.168. The SMILES string of the molecule is N#CC(C#N)=c1nc2c(s1)c(F)c(F)c1c(F)c(F)c3nc(=C(C#N)C#N)sc3c12. The summed E-state index contributed by atoms with van der Waals surface area (Å²) < 4.78 is 57.5. The van der Waals surface area contributed by atoms with E-state index in [2.05, 4.69) is 9.97 Å². The molecular weight excluding hydrogens is 440 g/mol. The van der Waals surface area contributed by atoms with Crippen molar-refractivity contribution in [3.05, 3.63) is 32.6 Å². The van der Waals surface area contributed by atoms with Gasteiger partial charge < -0.3 is 0 Å². The first-order valence-corrected chi connectivity index (χ1v) is 9.24. The van der Waals surface area contributed by atoms with Gasteiger partial charge >= 0.3 is 0 Å². The van der Waals surface area contributed by atoms with Gasteiger partial charge in [-0.2, -0.15) is 21.0 Å². The zero-order valence-electron chi connectivity index (χ0n) is 14.0. The summed E-state index contributed by atoms with van der Waals surface area (Å²) in [4.78, 5) is 7.75. The van der Waals surface area contributed by atoms with Crippen LogP contribution in [-0.4, -0.2) is 9.97 Å². The fourth-order valence-electron chi connectivity index (χ4n) is 2.81. The van der Waals surface area contributed by atoms with Gasteiger partial charge in [0.1, 0.15) is 39.1 Å². The third kappa shape index (κ3) is 2.42. The van der Waals surface area contributed by atoms with Crippen LogP contribution < -0.4 is 9.33 Å². The first kappa shape index (κ1) is 19.2. The van der Waals surface area contributed by atoms with Crippen LogP contribution in [0.1, 0.15) is 0 Å². The topological polar surface area (TPSA) is 121 Å². The molecule has 2 heterocycles. The average molecular weight is 440 g/mol. The molecule has 0 aliphatic carbocycles. The Bertz CT molecular complexity index is 1580. The number of benzene rings is 2. The third-order valence-corrected chi connectivity index (χ3v) is 6.23. The van der Waals surface area contributed by atoms with Crippen LogP contribution >= 0.6 is 22.7 Å². The summed E-state index contributed by atoms with van der Waals surface area (Å²) in [5.41, 5.74) is -1.85. The van der Waals surface area contributed by atoms with E-state index < -0.39 is 50.0 Å². The number of thiazole rings is 2. The molecular formula is C18F4N6S2. The second-order valence-electron chi connectivity index (χ2n) is 5.60. The Balaban J connectivity index is 2.43. The first-order valence-electron chi connectivity index (χ1n) is 7.61. The van der Waals surface area contributed by atoms with Gasteiger partial charge in [0.15, 0.2) is 34.4 Å². The molecule has 2 aromatic carbocycles. The Kier molecular flexibility index (Phi) is 4.33. The fourth-order valence-corrected chi connectivity index (χ4v) is 4.81. The van der Waals surface area contributed by atoms with Crippen molar-refractivity contribution in [1.82, 2.24) is 9.97 Å². The van der Waals surface area contributed by atoms with Crippen LogP contribution in [0.15, 0.2) is 0 Å². The number of fused-ring (bicyclic) bond motifs is 5. The second kappa shape index (κ2) is 6.75. The van der Waals surface area contributed by atoms with Gasteiger partial charge in [-0.05, 0) is 0 Å². The summed E-state index contributed by atoms with van der Waals surface area (Å²) in [6, 6.07) is 6.28. The Morgan fingerprint density at radius 1 is 0.600 bits per heavy atom. The highest BCUT2D eigenvalue weighted by Gasteiger charge is 2.27. The van der Waals surface area contributed by atoms with Crippen LogP contribution in [0.2, 0.25) is 0 Å². The molecule has 0 radical (unpaired) electrons. The van der Waals surface area contributed by atoms with E-state index in [0.717, 1.165) is 0 Å². The highest BCUT2D eigenvalue weighted by Crippen LogP contribution is 2.39. The number of nitriles is 4. The maximum atomic E-state index is 14.7. The van der Waals surface area contributed by atoms with E-state index in [0.29, 0.717) is 22.7 Å². The number of nitrogens with zero attached hydrogens (tertiary/aromatic N) is 6. The molecule has 0 aliphatic rings. The van der Waals surface area contributed by atoms with Crippen LogP contribution in [0.4, 0.5) is 17.6 Å². The molecule has 0 amide bonds. The molecule has 0 atom stereocenters. The van der Waals surface area contributed by atoms with Crippen LogP contribution in [0.25, 0.3) is 42.4 Å². The van der Waals surface area contributed by atoms with Crippen molar-refractivity contribution >= 4 is 65.0 Å². The van der Waals surface area contributed by atoms with Crippen molar-refractivity contribution in [3.63, 3.8) is 0 Å². The maximum Gasteiger partial charge on any atom is 0.186 e. The van der Waals surface area contributed by atoms with E-state index >= 15 is 0 Å². The monoisotopic (exact) mass is 440 g/mol. The van der Waals surface area contributed by atoms with Crippen LogP contribution in [-0.2, 0) is 0 Å². The lowest BCUT2D eigenvalue weighted by Gasteiger charge is -2.06. The van der Waals surface area contributed by atoms with Crippen LogP contribution in [0.3, 0.4) is 0 Å². The largest absolute Gasteiger partial charge is 0.234 e. The smallest absolute Gasteiger partial charge is 0.186 e. The van der Waals surface area contributed by atoms with Gasteiger partial charge in [0.2, 0.25) is 0 Å². The number of aromatic nitrogens is 2. The normalized spacial score (nSPS) is 10.5. The molecule has 0 saturated heterocycles. The van der Waals surface area contributed by atoms with Crippen LogP contribution in [0.5, 0.6) is 0 Å². The van der Waals surface area contributed by atoms with Gasteiger partial charge in [0, 0.05) is 5.39 Å². The fraction of sp³-hybridized carbons (Fsp3) is 0. The Morgan fingerprint density at radius 2 is 1.07 bits per heavy atom. The molecule has 0 saturated carbocycles. The van der Waals surface area contributed by atoms with Crippen molar-refractivity contribution in [2.45, 2.75) is 0 Å². The van der Waals surface area contributed by atoms with Crippen molar-refractivity contribution in [2.24, 2.45) is 0 Å². The third-order valence-electron chi connectivity index (χ3n) is 4.07. The lowest BCUT2D eigenvalue weighted by atomic mass is 10.1. The highest BCUT2D eigenvalue weighted by atomic mass is 32.1. The van der Waals surface area contributed by atoms with E-state index in [1.165, 1.54) is 0 Å². The number of hydrogen-bond donors (Lipinski definition) is 0. The van der Waals surface area contributed by atoms with E-state index in [9.17, 15) is 17.6 Å². The van der Waals surface area contributed by atoms with Gasteiger partial charge in [-0.1, -0.05) is 0 Å². The molecule has 0 aliphatic heterocycles. The van der Waals surface area contributed by atoms with Crippen LogP contribution in [0, 0.1) is 68.6 Å². The number of hydrogen-bond acceptors (Lipinski definition) is 8. The summed E-state index contributed by atoms with van der Waals surface area (Å²) in [7, 11) is 0. The predicted octanol–water partition coefficient (Wildman–Crippen LogP) is 3.01. The van der Waals surface area contributed by atoms with Crippen molar-refractivity contribution in [2.75, 3.05) is 0 Å². The standard InChI is InChI=1S/C18F4N6S2/c19-9-7-8(15-14(11(9)21)28-18(29-15)6(3-25)4-26)13-16(12(22)10(7)20)30-17(27-13)5(1-23)2-24. The first-order chi connectivity index (χ1) is 14.4. The molecule has 142 valence electrons. The molecule has 30 heavy (non-hydrogen) atoms. The minimum atomic E-state index is -1.72. The molecule has 0 spiro atoms. The van der Waals surface area contributed by atoms with E-state index in [1.807, 2.05) is 0 Å². The summed E-state index contributed by atoms with van der Waals surface area (Å²) in [6.45, 7) is 0. The summed E-state index contributed by atoms with van der Waals surface area (Å²) in [6.07, 6.45) is 0. The summed E-state index contributed by atoms with van der Waals surface area (Å²) >= 11 is 1.11. The average Bonchev–Trinajstić information content (AvgIpc) is 3.36. The van der Waals surface area contributed by atoms with Crippen molar-refractivity contribution in [1.29, 1.82) is 21.0 Å². The number of halogens is 4. The van der Waals surface area contributed by atoms with E-state index in [4.69, 9.17) is 21.0 Å². The molecule has 2 aromatic heterocycles. The summed E-state index contributed by atoms with van der Waals surface area (Å²) in [5, 5.41) is 34.7. The molecule has 0 N–H and O–H groups in total. The van der Waals surface area contributed by atoms with Gasteiger partial charge in [-0.15, -0.1) is 22.7 Å². The summed E-state index contributed by atoms with van der Waals surface area (Å²) in [5.74, 6) is -6.49. The zero-order valence-corrected chi connectivity index (χ0v) is 15.6. The molecule has 0 bridgehead atoms. The lowest BCUT2D eigenvalue weighted by Crippen LogP contribution is -2.02. The zero-order chi connectivity index (χ0) is 21.7. The molecule has 4 rings (SSSR count). The molecule has 0 unspecified atom stereocenters. The maximum absolute atomic E-state index is 14.7. The van der Waals surface area contributed by atoms with E-state index in [1.54, 1.807) is 24.3 Å². The minimum Gasteiger partial charge on any atom is -0.234 e. The molecule has 12 heteroatoms. The molecule has 4 aromatic rings. The highest BCUT2D eigenvalue weighted by molar-refractivity contribution is 7.19. The number of rotatable bonds is 0. The van der Waals surface area contributed by atoms with Gasteiger partial charge in [-0.25, -0.2) is 27.5 Å². The predicted molar refractivity (Wildman–Crippen MR) is 98.7 cm³/mol. The second-order valence-corrected chi connectivity index (χ2v) is 7.59. The lowest BCUT2D eigenvalue weighted by molar-refractivity contribution is 0.502. The van der Waals surface area contributed by atoms with Gasteiger partial charge in [0.05, 0.1) is 20.3 Å². The quantitative estimate of drug-likeness (QED) is 0.388. The Morgan fingerprint density at radius 3 is 1.60 bits per heavy atom. The Hall–Kier alpha value is -4.10. The van der Waals surface area contributed by atoms with E-state index in [-0.39, 0.29) is 24.9 Å². The molecule has 6 nitrogen and oxygen atoms in total.